The molecule has 0 radical (unpaired) electrons. The number of ether oxygens (including phenoxy) is 4. The van der Waals surface area contributed by atoms with Gasteiger partial charge in [0.2, 0.25) is 0 Å². The van der Waals surface area contributed by atoms with E-state index in [-0.39, 0.29) is 17.2 Å². The van der Waals surface area contributed by atoms with Crippen LogP contribution in [0.1, 0.15) is 22.8 Å². The van der Waals surface area contributed by atoms with E-state index in [1.54, 1.807) is 67.9 Å². The summed E-state index contributed by atoms with van der Waals surface area (Å²) < 4.78 is 20.6. The van der Waals surface area contributed by atoms with Crippen LogP contribution in [0.3, 0.4) is 0 Å². The average Bonchev–Trinajstić information content (AvgIpc) is 3.30. The zero-order valence-electron chi connectivity index (χ0n) is 19.0. The van der Waals surface area contributed by atoms with Crippen molar-refractivity contribution < 1.29 is 33.3 Å². The monoisotopic (exact) mass is 494 g/mol. The highest BCUT2D eigenvalue weighted by atomic mass is 32.1. The van der Waals surface area contributed by atoms with Crippen LogP contribution >= 0.6 is 11.3 Å². The Bertz CT molecular complexity index is 1230. The molecular formula is C25H22N2O7S. The summed E-state index contributed by atoms with van der Waals surface area (Å²) in [5.41, 5.74) is 2.02. The summed E-state index contributed by atoms with van der Waals surface area (Å²) >= 11 is 1.16. The number of thiophene rings is 1. The van der Waals surface area contributed by atoms with Gasteiger partial charge in [0.15, 0.2) is 13.2 Å². The lowest BCUT2D eigenvalue weighted by Crippen LogP contribution is -2.24. The molecule has 180 valence electrons. The molecule has 3 aromatic rings. The maximum atomic E-state index is 12.6. The van der Waals surface area contributed by atoms with Gasteiger partial charge in [0, 0.05) is 10.9 Å². The molecule has 0 bridgehead atoms. The lowest BCUT2D eigenvalue weighted by molar-refractivity contribution is -0.149. The van der Waals surface area contributed by atoms with Crippen molar-refractivity contribution in [1.29, 1.82) is 5.26 Å². The van der Waals surface area contributed by atoms with E-state index in [1.807, 2.05) is 6.07 Å². The van der Waals surface area contributed by atoms with Crippen molar-refractivity contribution in [2.45, 2.75) is 6.92 Å². The predicted octanol–water partition coefficient (Wildman–Crippen LogP) is 4.03. The fourth-order valence-corrected chi connectivity index (χ4v) is 3.93. The van der Waals surface area contributed by atoms with Crippen LogP contribution in [-0.2, 0) is 19.1 Å². The number of nitrogens with one attached hydrogen (secondary N) is 1. The highest BCUT2D eigenvalue weighted by molar-refractivity contribution is 7.15. The van der Waals surface area contributed by atoms with Crippen LogP contribution in [0.15, 0.2) is 53.9 Å². The van der Waals surface area contributed by atoms with Crippen molar-refractivity contribution in [2.24, 2.45) is 0 Å². The molecule has 1 aromatic heterocycles. The number of carbonyl (C=O) groups excluding carboxylic acids is 3. The van der Waals surface area contributed by atoms with Crippen molar-refractivity contribution in [3.05, 3.63) is 65.0 Å². The van der Waals surface area contributed by atoms with Gasteiger partial charge in [-0.05, 0) is 48.9 Å². The van der Waals surface area contributed by atoms with Gasteiger partial charge in [0.1, 0.15) is 22.1 Å². The molecule has 9 nitrogen and oxygen atoms in total. The zero-order chi connectivity index (χ0) is 25.2. The summed E-state index contributed by atoms with van der Waals surface area (Å²) in [4.78, 5) is 37.0. The first-order valence-electron chi connectivity index (χ1n) is 10.5. The van der Waals surface area contributed by atoms with Crippen LogP contribution in [0.5, 0.6) is 11.5 Å². The Labute approximate surface area is 205 Å². The molecule has 3 rings (SSSR count). The molecule has 0 fully saturated rings. The zero-order valence-corrected chi connectivity index (χ0v) is 19.8. The third-order valence-electron chi connectivity index (χ3n) is 4.63. The standard InChI is InChI=1S/C25H22N2O7S/c1-3-32-25(30)23-20(17-6-10-18(31-2)11-7-17)15-35-24(23)27-21(28)13-34-22(29)14-33-19-8-4-16(12-26)5-9-19/h4-11,15H,3,13-14H2,1-2H3,(H,27,28). The highest BCUT2D eigenvalue weighted by Gasteiger charge is 2.23. The van der Waals surface area contributed by atoms with Gasteiger partial charge < -0.3 is 24.3 Å². The Balaban J connectivity index is 1.62. The van der Waals surface area contributed by atoms with Crippen LogP contribution in [-0.4, -0.2) is 44.8 Å². The molecule has 0 atom stereocenters. The van der Waals surface area contributed by atoms with Crippen molar-refractivity contribution >= 4 is 34.2 Å². The molecule has 35 heavy (non-hydrogen) atoms. The van der Waals surface area contributed by atoms with Crippen LogP contribution in [0, 0.1) is 11.3 Å². The molecule has 0 unspecified atom stereocenters. The first-order chi connectivity index (χ1) is 16.9. The average molecular weight is 495 g/mol. The van der Waals surface area contributed by atoms with E-state index in [0.717, 1.165) is 16.9 Å². The van der Waals surface area contributed by atoms with Gasteiger partial charge in [0.25, 0.3) is 5.91 Å². The first-order valence-corrected chi connectivity index (χ1v) is 11.3. The van der Waals surface area contributed by atoms with E-state index in [0.29, 0.717) is 22.6 Å². The number of nitrogens with zero attached hydrogens (tertiary/aromatic N) is 1. The second-order valence-electron chi connectivity index (χ2n) is 6.94. The lowest BCUT2D eigenvalue weighted by Gasteiger charge is -2.10. The second-order valence-corrected chi connectivity index (χ2v) is 7.82. The van der Waals surface area contributed by atoms with Crippen LogP contribution in [0.4, 0.5) is 5.00 Å². The van der Waals surface area contributed by atoms with Gasteiger partial charge in [-0.25, -0.2) is 9.59 Å². The highest BCUT2D eigenvalue weighted by Crippen LogP contribution is 2.36. The van der Waals surface area contributed by atoms with Crippen molar-refractivity contribution in [2.75, 3.05) is 32.2 Å². The second kappa shape index (κ2) is 12.2. The molecule has 0 spiro atoms. The molecule has 0 aliphatic heterocycles. The summed E-state index contributed by atoms with van der Waals surface area (Å²) in [6, 6.07) is 15.3. The minimum atomic E-state index is -0.750. The quantitative estimate of drug-likeness (QED) is 0.419. The van der Waals surface area contributed by atoms with Gasteiger partial charge in [0.05, 0.1) is 25.3 Å². The number of benzene rings is 2. The maximum absolute atomic E-state index is 12.6. The predicted molar refractivity (Wildman–Crippen MR) is 129 cm³/mol. The van der Waals surface area contributed by atoms with E-state index in [2.05, 4.69) is 5.32 Å². The van der Waals surface area contributed by atoms with E-state index in [4.69, 9.17) is 24.2 Å². The summed E-state index contributed by atoms with van der Waals surface area (Å²) in [5.74, 6) is -0.900. The minimum absolute atomic E-state index is 0.168. The lowest BCUT2D eigenvalue weighted by atomic mass is 10.0. The fraction of sp³-hybridized carbons (Fsp3) is 0.200. The largest absolute Gasteiger partial charge is 0.497 e. The number of esters is 2. The molecule has 1 N–H and O–H groups in total. The van der Waals surface area contributed by atoms with Crippen molar-refractivity contribution in [1.82, 2.24) is 0 Å². The summed E-state index contributed by atoms with van der Waals surface area (Å²) in [5, 5.41) is 13.4. The smallest absolute Gasteiger partial charge is 0.344 e. The Morgan fingerprint density at radius 3 is 2.29 bits per heavy atom. The van der Waals surface area contributed by atoms with Gasteiger partial charge in [-0.1, -0.05) is 12.1 Å². The van der Waals surface area contributed by atoms with Crippen LogP contribution in [0.25, 0.3) is 11.1 Å². The Morgan fingerprint density at radius 1 is 0.971 bits per heavy atom. The SMILES string of the molecule is CCOC(=O)c1c(-c2ccc(OC)cc2)csc1NC(=O)COC(=O)COc1ccc(C#N)cc1. The molecule has 0 saturated heterocycles. The topological polar surface area (TPSA) is 124 Å². The van der Waals surface area contributed by atoms with Gasteiger partial charge >= 0.3 is 11.9 Å². The number of anilines is 1. The number of carbonyl (C=O) groups is 3. The summed E-state index contributed by atoms with van der Waals surface area (Å²) in [7, 11) is 1.56. The number of amides is 1. The van der Waals surface area contributed by atoms with Crippen LogP contribution < -0.4 is 14.8 Å². The fourth-order valence-electron chi connectivity index (χ4n) is 2.96. The molecule has 1 heterocycles. The molecule has 0 aliphatic carbocycles. The number of rotatable bonds is 10. The Kier molecular flexibility index (Phi) is 8.81. The number of methoxy groups -OCH3 is 1. The van der Waals surface area contributed by atoms with E-state index in [9.17, 15) is 14.4 Å². The molecular weight excluding hydrogens is 472 g/mol. The van der Waals surface area contributed by atoms with Crippen molar-refractivity contribution in [3.63, 3.8) is 0 Å². The van der Waals surface area contributed by atoms with Crippen LogP contribution in [0.2, 0.25) is 0 Å². The molecule has 10 heteroatoms. The number of nitriles is 1. The van der Waals surface area contributed by atoms with Crippen molar-refractivity contribution in [3.8, 4) is 28.7 Å². The molecule has 0 saturated carbocycles. The summed E-state index contributed by atoms with van der Waals surface area (Å²) in [6.07, 6.45) is 0. The number of hydrogen-bond donors (Lipinski definition) is 1. The normalized spacial score (nSPS) is 10.1. The number of hydrogen-bond acceptors (Lipinski definition) is 9. The first kappa shape index (κ1) is 25.3. The molecule has 0 aliphatic rings. The van der Waals surface area contributed by atoms with Gasteiger partial charge in [-0.3, -0.25) is 4.79 Å². The van der Waals surface area contributed by atoms with E-state index < -0.39 is 31.1 Å². The summed E-state index contributed by atoms with van der Waals surface area (Å²) in [6.45, 7) is 0.886. The van der Waals surface area contributed by atoms with E-state index in [1.165, 1.54) is 0 Å². The Morgan fingerprint density at radius 2 is 1.66 bits per heavy atom. The van der Waals surface area contributed by atoms with E-state index >= 15 is 0 Å². The third-order valence-corrected chi connectivity index (χ3v) is 5.52. The minimum Gasteiger partial charge on any atom is -0.497 e. The maximum Gasteiger partial charge on any atom is 0.344 e. The molecule has 1 amide bonds. The Hall–Kier alpha value is -4.36. The van der Waals surface area contributed by atoms with Gasteiger partial charge in [-0.15, -0.1) is 11.3 Å². The van der Waals surface area contributed by atoms with Gasteiger partial charge in [-0.2, -0.15) is 5.26 Å². The molecule has 2 aromatic carbocycles. The third kappa shape index (κ3) is 6.82.